The van der Waals surface area contributed by atoms with E-state index in [-0.39, 0.29) is 56.9 Å². The molecule has 1 aromatic heterocycles. The normalized spacial score (nSPS) is 11.1. The van der Waals surface area contributed by atoms with Crippen LogP contribution >= 0.6 is 24.2 Å². The number of hydrogen-bond acceptors (Lipinski definition) is 8. The molecule has 0 radical (unpaired) electrons. The van der Waals surface area contributed by atoms with E-state index in [1.807, 2.05) is 19.0 Å². The second kappa shape index (κ2) is 16.0. The molecule has 2 amide bonds. The fourth-order valence-electron chi connectivity index (χ4n) is 4.78. The summed E-state index contributed by atoms with van der Waals surface area (Å²) in [5, 5.41) is 5.42. The summed E-state index contributed by atoms with van der Waals surface area (Å²) >= 11 is -0.231. The van der Waals surface area contributed by atoms with E-state index in [2.05, 4.69) is 10.6 Å². The van der Waals surface area contributed by atoms with Crippen LogP contribution in [0.2, 0.25) is 0 Å². The molecule has 0 saturated heterocycles. The third kappa shape index (κ3) is 9.68. The Morgan fingerprint density at radius 1 is 0.840 bits per heavy atom. The molecule has 0 aliphatic carbocycles. The Balaban J connectivity index is 0.00000562. The second-order valence-electron chi connectivity index (χ2n) is 10.8. The number of ether oxygens (including phenoxy) is 1. The number of anilines is 2. The van der Waals surface area contributed by atoms with Crippen molar-refractivity contribution in [2.75, 3.05) is 24.7 Å². The van der Waals surface area contributed by atoms with E-state index < -0.39 is 29.4 Å². The van der Waals surface area contributed by atoms with Gasteiger partial charge in [0.2, 0.25) is 0 Å². The van der Waals surface area contributed by atoms with Gasteiger partial charge in [0.15, 0.2) is 0 Å². The lowest BCUT2D eigenvalue weighted by molar-refractivity contribution is -0.182. The third-order valence-corrected chi connectivity index (χ3v) is 7.61. The van der Waals surface area contributed by atoms with E-state index >= 15 is 0 Å². The highest BCUT2D eigenvalue weighted by Crippen LogP contribution is 2.38. The molecule has 262 valence electrons. The predicted octanol–water partition coefficient (Wildman–Crippen LogP) is 9.38. The summed E-state index contributed by atoms with van der Waals surface area (Å²) in [6.07, 6.45) is -1.11. The summed E-state index contributed by atoms with van der Waals surface area (Å²) in [5.41, 5.74) is -2.50. The maximum absolute atomic E-state index is 14.3. The smallest absolute Gasteiger partial charge is 0.457 e. The number of hydrogen-bond donors (Lipinski definition) is 2. The first-order valence-corrected chi connectivity index (χ1v) is 15.3. The molecule has 16 heteroatoms. The summed E-state index contributed by atoms with van der Waals surface area (Å²) in [7, 11) is 3.82. The van der Waals surface area contributed by atoms with Crippen molar-refractivity contribution in [3.05, 3.63) is 114 Å². The van der Waals surface area contributed by atoms with Crippen LogP contribution in [-0.4, -0.2) is 47.2 Å². The van der Waals surface area contributed by atoms with Gasteiger partial charge in [-0.3, -0.25) is 0 Å². The molecule has 5 aromatic rings. The van der Waals surface area contributed by atoms with E-state index in [1.54, 1.807) is 12.1 Å². The molecular weight excluding hydrogens is 704 g/mol. The van der Waals surface area contributed by atoms with Crippen LogP contribution in [-0.2, 0) is 16.3 Å². The molecule has 4 aromatic carbocycles. The number of rotatable bonds is 8. The van der Waals surface area contributed by atoms with Crippen molar-refractivity contribution >= 4 is 64.5 Å². The van der Waals surface area contributed by atoms with Gasteiger partial charge in [0.05, 0.1) is 22.5 Å². The zero-order valence-corrected chi connectivity index (χ0v) is 28.2. The minimum absolute atomic E-state index is 0. The van der Waals surface area contributed by atoms with Crippen molar-refractivity contribution in [2.24, 2.45) is 0 Å². The van der Waals surface area contributed by atoms with Gasteiger partial charge in [-0.25, -0.2) is 33.1 Å². The van der Waals surface area contributed by atoms with Gasteiger partial charge in [0, 0.05) is 22.5 Å². The summed E-state index contributed by atoms with van der Waals surface area (Å²) in [6, 6.07) is 20.9. The number of nitrogens with one attached hydrogen (secondary N) is 2. The van der Waals surface area contributed by atoms with E-state index in [0.29, 0.717) is 23.7 Å². The van der Waals surface area contributed by atoms with Crippen LogP contribution in [0.15, 0.2) is 95.9 Å². The molecule has 0 aliphatic heterocycles. The lowest BCUT2D eigenvalue weighted by Crippen LogP contribution is -2.21. The molecule has 50 heavy (non-hydrogen) atoms. The van der Waals surface area contributed by atoms with Crippen LogP contribution in [0.3, 0.4) is 0 Å². The topological polar surface area (TPSA) is 111 Å². The maximum Gasteiger partial charge on any atom is 0.461 e. The molecule has 1 heterocycles. The molecule has 0 spiro atoms. The lowest BCUT2D eigenvalue weighted by atomic mass is 10.1. The van der Waals surface area contributed by atoms with Gasteiger partial charge in [0.1, 0.15) is 17.3 Å². The number of carbonyl (C=O) groups excluding carboxylic acids is 3. The minimum Gasteiger partial charge on any atom is -0.457 e. The van der Waals surface area contributed by atoms with Gasteiger partial charge in [0.25, 0.3) is 0 Å². The van der Waals surface area contributed by atoms with Crippen LogP contribution in [0, 0.1) is 12.7 Å². The van der Waals surface area contributed by atoms with Gasteiger partial charge in [-0.05, 0) is 117 Å². The number of urea groups is 1. The van der Waals surface area contributed by atoms with Crippen LogP contribution in [0.4, 0.5) is 38.5 Å². The SMILES string of the molecule is Cc1c(NC(=O)Nc2ccc(Oc3ccc(SC(F)(F)F)cc3)cc2)c2cc(F)ccc2n1C(=O)OOC(=O)c1ccc(CN(C)C)cc1.Cl. The fraction of sp³-hybridized carbons (Fsp3) is 0.147. The van der Waals surface area contributed by atoms with Crippen LogP contribution < -0.4 is 15.4 Å². The van der Waals surface area contributed by atoms with Gasteiger partial charge in [-0.15, -0.1) is 12.4 Å². The zero-order chi connectivity index (χ0) is 35.3. The monoisotopic (exact) mass is 732 g/mol. The molecular formula is C34H29ClF4N4O6S. The van der Waals surface area contributed by atoms with Crippen LogP contribution in [0.1, 0.15) is 21.6 Å². The highest BCUT2D eigenvalue weighted by atomic mass is 35.5. The number of fused-ring (bicyclic) bond motifs is 1. The fourth-order valence-corrected chi connectivity index (χ4v) is 5.32. The van der Waals surface area contributed by atoms with E-state index in [9.17, 15) is 31.9 Å². The van der Waals surface area contributed by atoms with Crippen molar-refractivity contribution < 1.29 is 46.5 Å². The first-order chi connectivity index (χ1) is 23.3. The summed E-state index contributed by atoms with van der Waals surface area (Å²) in [4.78, 5) is 50.2. The maximum atomic E-state index is 14.3. The summed E-state index contributed by atoms with van der Waals surface area (Å²) in [5.74, 6) is -0.865. The number of amides is 2. The van der Waals surface area contributed by atoms with Gasteiger partial charge in [-0.1, -0.05) is 12.1 Å². The van der Waals surface area contributed by atoms with Gasteiger partial charge in [-0.2, -0.15) is 13.2 Å². The second-order valence-corrected chi connectivity index (χ2v) is 12.0. The molecule has 0 bridgehead atoms. The Morgan fingerprint density at radius 2 is 1.46 bits per heavy atom. The summed E-state index contributed by atoms with van der Waals surface area (Å²) in [6.45, 7) is 2.15. The lowest BCUT2D eigenvalue weighted by Gasteiger charge is -2.11. The van der Waals surface area contributed by atoms with E-state index in [4.69, 9.17) is 14.5 Å². The summed E-state index contributed by atoms with van der Waals surface area (Å²) < 4.78 is 58.6. The molecule has 0 unspecified atom stereocenters. The third-order valence-electron chi connectivity index (χ3n) is 6.87. The zero-order valence-electron chi connectivity index (χ0n) is 26.5. The number of carbonyl (C=O) groups is 3. The Hall–Kier alpha value is -5.25. The van der Waals surface area contributed by atoms with Crippen LogP contribution in [0.5, 0.6) is 11.5 Å². The van der Waals surface area contributed by atoms with Crippen molar-refractivity contribution in [2.45, 2.75) is 23.9 Å². The van der Waals surface area contributed by atoms with Crippen LogP contribution in [0.25, 0.3) is 10.9 Å². The molecule has 2 N–H and O–H groups in total. The van der Waals surface area contributed by atoms with Crippen molar-refractivity contribution in [3.8, 4) is 11.5 Å². The predicted molar refractivity (Wildman–Crippen MR) is 183 cm³/mol. The number of benzene rings is 4. The van der Waals surface area contributed by atoms with E-state index in [1.165, 1.54) is 73.7 Å². The Labute approximate surface area is 293 Å². The number of aromatic nitrogens is 1. The standard InChI is InChI=1S/C34H28F4N4O6S.ClH/c1-20-30(40-32(44)39-24-9-11-25(12-10-24)46-26-13-15-27(16-14-26)49-34(36,37)38)28-18-23(35)8-17-29(28)42(20)33(45)48-47-31(43)22-6-4-21(5-7-22)19-41(2)3;/h4-18H,19H2,1-3H3,(H2,39,40,44);1H. The molecule has 10 nitrogen and oxygen atoms in total. The number of nitrogens with zero attached hydrogens (tertiary/aromatic N) is 2. The Kier molecular flexibility index (Phi) is 12.0. The highest BCUT2D eigenvalue weighted by molar-refractivity contribution is 8.00. The molecule has 0 aliphatic rings. The average molecular weight is 733 g/mol. The number of thioether (sulfide) groups is 1. The van der Waals surface area contributed by atoms with Gasteiger partial charge >= 0.3 is 23.6 Å². The van der Waals surface area contributed by atoms with Crippen molar-refractivity contribution in [1.82, 2.24) is 9.47 Å². The highest BCUT2D eigenvalue weighted by Gasteiger charge is 2.29. The quantitative estimate of drug-likeness (QED) is 0.0703. The minimum atomic E-state index is -4.40. The average Bonchev–Trinajstić information content (AvgIpc) is 3.30. The largest absolute Gasteiger partial charge is 0.461 e. The van der Waals surface area contributed by atoms with Crippen molar-refractivity contribution in [3.63, 3.8) is 0 Å². The van der Waals surface area contributed by atoms with Crippen molar-refractivity contribution in [1.29, 1.82) is 0 Å². The van der Waals surface area contributed by atoms with Gasteiger partial charge < -0.3 is 20.3 Å². The molecule has 0 saturated carbocycles. The molecule has 5 rings (SSSR count). The Bertz CT molecular complexity index is 1990. The van der Waals surface area contributed by atoms with E-state index in [0.717, 1.165) is 22.3 Å². The first kappa shape index (κ1) is 37.6. The Morgan fingerprint density at radius 3 is 2.06 bits per heavy atom. The number of halogens is 5. The molecule has 0 atom stereocenters. The number of alkyl halides is 3. The molecule has 0 fully saturated rings. The first-order valence-electron chi connectivity index (χ1n) is 14.4.